The van der Waals surface area contributed by atoms with Gasteiger partial charge >= 0.3 is 0 Å². The summed E-state index contributed by atoms with van der Waals surface area (Å²) in [4.78, 5) is 14.3. The fourth-order valence-electron chi connectivity index (χ4n) is 2.49. The van der Waals surface area contributed by atoms with Crippen molar-refractivity contribution in [1.29, 1.82) is 0 Å². The first-order chi connectivity index (χ1) is 8.94. The lowest BCUT2D eigenvalue weighted by Gasteiger charge is -2.23. The van der Waals surface area contributed by atoms with Crippen molar-refractivity contribution in [1.82, 2.24) is 14.7 Å². The van der Waals surface area contributed by atoms with Crippen LogP contribution >= 0.6 is 0 Å². The van der Waals surface area contributed by atoms with E-state index >= 15 is 0 Å². The van der Waals surface area contributed by atoms with E-state index in [9.17, 15) is 9.90 Å². The third-order valence-electron chi connectivity index (χ3n) is 3.72. The molecule has 1 aromatic heterocycles. The van der Waals surface area contributed by atoms with E-state index in [-0.39, 0.29) is 5.91 Å². The quantitative estimate of drug-likeness (QED) is 0.831. The van der Waals surface area contributed by atoms with Gasteiger partial charge in [-0.15, -0.1) is 0 Å². The average Bonchev–Trinajstić information content (AvgIpc) is 2.63. The monoisotopic (exact) mass is 266 g/mol. The second-order valence-corrected chi connectivity index (χ2v) is 5.41. The number of carbonyl (C=O) groups is 1. The van der Waals surface area contributed by atoms with Crippen molar-refractivity contribution in [2.24, 2.45) is 0 Å². The molecule has 1 aliphatic heterocycles. The van der Waals surface area contributed by atoms with Crippen LogP contribution in [0.4, 0.5) is 5.69 Å². The fourth-order valence-corrected chi connectivity index (χ4v) is 2.49. The first kappa shape index (κ1) is 13.9. The molecule has 1 amide bonds. The number of rotatable bonds is 2. The molecule has 19 heavy (non-hydrogen) atoms. The van der Waals surface area contributed by atoms with E-state index in [1.165, 1.54) is 6.20 Å². The molecule has 2 rings (SSSR count). The molecule has 1 fully saturated rings. The van der Waals surface area contributed by atoms with Gasteiger partial charge in [0.25, 0.3) is 5.91 Å². The summed E-state index contributed by atoms with van der Waals surface area (Å²) in [6.07, 6.45) is 3.64. The van der Waals surface area contributed by atoms with E-state index in [1.54, 1.807) is 9.58 Å². The van der Waals surface area contributed by atoms with Gasteiger partial charge in [0.1, 0.15) is 5.69 Å². The Bertz CT molecular complexity index is 467. The Kier molecular flexibility index (Phi) is 3.80. The van der Waals surface area contributed by atoms with Gasteiger partial charge < -0.3 is 15.7 Å². The van der Waals surface area contributed by atoms with Crippen LogP contribution in [0.2, 0.25) is 0 Å². The Hall–Kier alpha value is -1.56. The molecule has 6 heteroatoms. The molecule has 6 nitrogen and oxygen atoms in total. The largest absolute Gasteiger partial charge is 0.396 e. The predicted octanol–water partition coefficient (Wildman–Crippen LogP) is 0.862. The number of nitrogens with two attached hydrogens (primary N) is 1. The number of nitrogen functional groups attached to an aromatic ring is 1. The molecule has 2 heterocycles. The zero-order chi connectivity index (χ0) is 14.0. The van der Waals surface area contributed by atoms with Crippen molar-refractivity contribution in [2.45, 2.75) is 45.3 Å². The molecular formula is C13H22N4O2. The molecular weight excluding hydrogens is 244 g/mol. The minimum absolute atomic E-state index is 0.0884. The van der Waals surface area contributed by atoms with Gasteiger partial charge in [-0.2, -0.15) is 5.10 Å². The van der Waals surface area contributed by atoms with Crippen LogP contribution in [0.15, 0.2) is 6.20 Å². The van der Waals surface area contributed by atoms with Crippen LogP contribution in [0.5, 0.6) is 0 Å². The third-order valence-corrected chi connectivity index (χ3v) is 3.72. The van der Waals surface area contributed by atoms with Crippen LogP contribution < -0.4 is 5.73 Å². The Morgan fingerprint density at radius 2 is 2.26 bits per heavy atom. The molecule has 106 valence electrons. The maximum Gasteiger partial charge on any atom is 0.274 e. The Balaban J connectivity index is 2.17. The van der Waals surface area contributed by atoms with Gasteiger partial charge in [-0.05, 0) is 33.1 Å². The third kappa shape index (κ3) is 2.89. The second-order valence-electron chi connectivity index (χ2n) is 5.41. The van der Waals surface area contributed by atoms with E-state index in [0.717, 1.165) is 12.8 Å². The molecule has 0 bridgehead atoms. The van der Waals surface area contributed by atoms with Gasteiger partial charge in [-0.3, -0.25) is 9.48 Å². The topological polar surface area (TPSA) is 84.4 Å². The number of aromatic nitrogens is 2. The van der Waals surface area contributed by atoms with Crippen LogP contribution in [-0.2, 0) is 6.54 Å². The second kappa shape index (κ2) is 5.21. The van der Waals surface area contributed by atoms with Crippen molar-refractivity contribution in [2.75, 3.05) is 18.8 Å². The number of hydrogen-bond donors (Lipinski definition) is 2. The summed E-state index contributed by atoms with van der Waals surface area (Å²) in [7, 11) is 0. The molecule has 1 unspecified atom stereocenters. The highest BCUT2D eigenvalue weighted by Crippen LogP contribution is 2.23. The summed E-state index contributed by atoms with van der Waals surface area (Å²) in [5.41, 5.74) is 6.04. The number of aliphatic hydroxyl groups is 1. The molecule has 0 saturated carbocycles. The number of hydrogen-bond acceptors (Lipinski definition) is 4. The minimum Gasteiger partial charge on any atom is -0.396 e. The number of anilines is 1. The average molecular weight is 266 g/mol. The lowest BCUT2D eigenvalue weighted by molar-refractivity contribution is 0.0437. The summed E-state index contributed by atoms with van der Waals surface area (Å²) >= 11 is 0. The zero-order valence-electron chi connectivity index (χ0n) is 11.6. The van der Waals surface area contributed by atoms with Crippen molar-refractivity contribution in [3.05, 3.63) is 11.9 Å². The minimum atomic E-state index is -0.675. The molecule has 1 saturated heterocycles. The highest BCUT2D eigenvalue weighted by atomic mass is 16.3. The first-order valence-electron chi connectivity index (χ1n) is 6.77. The predicted molar refractivity (Wildman–Crippen MR) is 72.7 cm³/mol. The number of carbonyl (C=O) groups excluding carboxylic acids is 1. The van der Waals surface area contributed by atoms with Crippen LogP contribution in [0.1, 0.15) is 43.6 Å². The smallest absolute Gasteiger partial charge is 0.274 e. The molecule has 0 spiro atoms. The van der Waals surface area contributed by atoms with Crippen molar-refractivity contribution in [3.63, 3.8) is 0 Å². The lowest BCUT2D eigenvalue weighted by atomic mass is 9.98. The van der Waals surface area contributed by atoms with E-state index in [2.05, 4.69) is 5.10 Å². The van der Waals surface area contributed by atoms with E-state index in [1.807, 2.05) is 13.8 Å². The maximum absolute atomic E-state index is 12.5. The molecule has 0 radical (unpaired) electrons. The normalized spacial score (nSPS) is 24.3. The first-order valence-corrected chi connectivity index (χ1v) is 6.77. The molecule has 1 atom stereocenters. The summed E-state index contributed by atoms with van der Waals surface area (Å²) in [5.74, 6) is -0.0884. The number of nitrogens with zero attached hydrogens (tertiary/aromatic N) is 3. The van der Waals surface area contributed by atoms with E-state index in [4.69, 9.17) is 5.73 Å². The summed E-state index contributed by atoms with van der Waals surface area (Å²) in [6.45, 7) is 5.58. The number of aryl methyl sites for hydroxylation is 1. The van der Waals surface area contributed by atoms with Crippen LogP contribution in [0.3, 0.4) is 0 Å². The van der Waals surface area contributed by atoms with Crippen molar-refractivity contribution >= 4 is 11.6 Å². The zero-order valence-corrected chi connectivity index (χ0v) is 11.6. The fraction of sp³-hybridized carbons (Fsp3) is 0.692. The SMILES string of the molecule is CCn1ncc(N)c1C(=O)N1CCCC(C)(O)CC1. The summed E-state index contributed by atoms with van der Waals surface area (Å²) in [6, 6.07) is 0. The Morgan fingerprint density at radius 1 is 1.53 bits per heavy atom. The number of amides is 1. The number of likely N-dealkylation sites (tertiary alicyclic amines) is 1. The van der Waals surface area contributed by atoms with Crippen LogP contribution in [0, 0.1) is 0 Å². The van der Waals surface area contributed by atoms with Gasteiger partial charge in [0, 0.05) is 19.6 Å². The van der Waals surface area contributed by atoms with Gasteiger partial charge in [0.2, 0.25) is 0 Å². The molecule has 1 aliphatic rings. The van der Waals surface area contributed by atoms with Gasteiger partial charge in [-0.25, -0.2) is 0 Å². The standard InChI is InChI=1S/C13H22N4O2/c1-3-17-11(10(14)9-15-17)12(18)16-7-4-5-13(2,19)6-8-16/h9,19H,3-8,14H2,1-2H3. The Labute approximate surface area is 113 Å². The molecule has 1 aromatic rings. The highest BCUT2D eigenvalue weighted by Gasteiger charge is 2.29. The maximum atomic E-state index is 12.5. The summed E-state index contributed by atoms with van der Waals surface area (Å²) in [5, 5.41) is 14.2. The lowest BCUT2D eigenvalue weighted by Crippen LogP contribution is -2.35. The van der Waals surface area contributed by atoms with Crippen LogP contribution in [0.25, 0.3) is 0 Å². The van der Waals surface area contributed by atoms with Gasteiger partial charge in [0.15, 0.2) is 0 Å². The van der Waals surface area contributed by atoms with Crippen LogP contribution in [-0.4, -0.2) is 44.4 Å². The Morgan fingerprint density at radius 3 is 2.95 bits per heavy atom. The van der Waals surface area contributed by atoms with Gasteiger partial charge in [0.05, 0.1) is 17.5 Å². The summed E-state index contributed by atoms with van der Waals surface area (Å²) < 4.78 is 1.63. The molecule has 0 aromatic carbocycles. The highest BCUT2D eigenvalue weighted by molar-refractivity contribution is 5.97. The molecule has 0 aliphatic carbocycles. The molecule has 3 N–H and O–H groups in total. The van der Waals surface area contributed by atoms with Crippen molar-refractivity contribution in [3.8, 4) is 0 Å². The van der Waals surface area contributed by atoms with Gasteiger partial charge in [-0.1, -0.05) is 0 Å². The van der Waals surface area contributed by atoms with E-state index < -0.39 is 5.60 Å². The van der Waals surface area contributed by atoms with E-state index in [0.29, 0.717) is 37.4 Å². The van der Waals surface area contributed by atoms with Crippen molar-refractivity contribution < 1.29 is 9.90 Å².